The molecule has 10 heteroatoms. The zero-order valence-electron chi connectivity index (χ0n) is 15.4. The van der Waals surface area contributed by atoms with Gasteiger partial charge in [-0.15, -0.1) is 9.89 Å². The van der Waals surface area contributed by atoms with Crippen molar-refractivity contribution in [2.75, 3.05) is 30.0 Å². The first kappa shape index (κ1) is 16.2. The Kier molecular flexibility index (Phi) is 3.25. The molecule has 9 nitrogen and oxygen atoms in total. The van der Waals surface area contributed by atoms with E-state index in [-0.39, 0.29) is 0 Å². The topological polar surface area (TPSA) is 65.3 Å². The van der Waals surface area contributed by atoms with Crippen LogP contribution in [0.1, 0.15) is 31.0 Å². The van der Waals surface area contributed by atoms with Crippen LogP contribution in [-0.2, 0) is 10.3 Å². The van der Waals surface area contributed by atoms with Gasteiger partial charge in [-0.05, 0) is 37.1 Å². The summed E-state index contributed by atoms with van der Waals surface area (Å²) in [7, 11) is 0. The molecule has 1 unspecified atom stereocenters. The van der Waals surface area contributed by atoms with Gasteiger partial charge in [-0.1, -0.05) is 12.1 Å². The summed E-state index contributed by atoms with van der Waals surface area (Å²) in [4.78, 5) is 8.80. The fourth-order valence-electron chi connectivity index (χ4n) is 4.38. The number of hydrazine groups is 1. The second kappa shape index (κ2) is 5.62. The van der Waals surface area contributed by atoms with Crippen LogP contribution in [0.5, 0.6) is 0 Å². The Labute approximate surface area is 167 Å². The summed E-state index contributed by atoms with van der Waals surface area (Å²) in [5.74, 6) is 1.81. The zero-order valence-corrected chi connectivity index (χ0v) is 16.1. The molecule has 28 heavy (non-hydrogen) atoms. The van der Waals surface area contributed by atoms with Crippen molar-refractivity contribution in [3.05, 3.63) is 53.7 Å². The van der Waals surface area contributed by atoms with Crippen molar-refractivity contribution in [2.45, 2.75) is 25.4 Å². The molecule has 0 bridgehead atoms. The number of anilines is 1. The fraction of sp³-hybridized carbons (Fsp3) is 0.389. The van der Waals surface area contributed by atoms with Gasteiger partial charge < -0.3 is 9.64 Å². The van der Waals surface area contributed by atoms with E-state index in [0.717, 1.165) is 48.0 Å². The number of nitrogens with zero attached hydrogens (tertiary/aromatic N) is 8. The van der Waals surface area contributed by atoms with E-state index in [1.165, 1.54) is 0 Å². The normalized spacial score (nSPS) is 25.6. The van der Waals surface area contributed by atoms with Crippen molar-refractivity contribution in [2.24, 2.45) is 4.99 Å². The maximum absolute atomic E-state index is 6.35. The first-order chi connectivity index (χ1) is 13.7. The monoisotopic (exact) mass is 398 g/mol. The number of aliphatic imine (C=N–C) groups is 1. The Morgan fingerprint density at radius 2 is 2.14 bits per heavy atom. The van der Waals surface area contributed by atoms with Gasteiger partial charge in [0.25, 0.3) is 0 Å². The van der Waals surface area contributed by atoms with E-state index in [4.69, 9.17) is 21.5 Å². The Hall–Kier alpha value is -2.78. The summed E-state index contributed by atoms with van der Waals surface area (Å²) >= 11 is 6.35. The highest BCUT2D eigenvalue weighted by molar-refractivity contribution is 6.15. The summed E-state index contributed by atoms with van der Waals surface area (Å²) in [5.41, 5.74) is 2.69. The third-order valence-electron chi connectivity index (χ3n) is 5.75. The Morgan fingerprint density at radius 1 is 1.25 bits per heavy atom. The van der Waals surface area contributed by atoms with Gasteiger partial charge in [0.15, 0.2) is 18.3 Å². The van der Waals surface area contributed by atoms with Gasteiger partial charge in [-0.25, -0.2) is 4.99 Å². The van der Waals surface area contributed by atoms with E-state index in [1.54, 1.807) is 10.6 Å². The number of hydrogen-bond donors (Lipinski definition) is 0. The molecule has 0 amide bonds. The Bertz CT molecular complexity index is 1010. The van der Waals surface area contributed by atoms with Crippen LogP contribution >= 0.6 is 11.8 Å². The van der Waals surface area contributed by atoms with Crippen LogP contribution < -0.4 is 10.0 Å². The largest absolute Gasteiger partial charge is 0.369 e. The number of hydrogen-bond acceptors (Lipinski definition) is 8. The van der Waals surface area contributed by atoms with Gasteiger partial charge in [0, 0.05) is 23.9 Å². The summed E-state index contributed by atoms with van der Waals surface area (Å²) in [6.07, 6.45) is 5.67. The minimum absolute atomic E-state index is 0.401. The van der Waals surface area contributed by atoms with Crippen LogP contribution in [0, 0.1) is 0 Å². The highest BCUT2D eigenvalue weighted by atomic mass is 35.5. The number of rotatable bonds is 2. The molecule has 0 spiro atoms. The molecular weight excluding hydrogens is 380 g/mol. The molecule has 1 aromatic carbocycles. The number of benzene rings is 1. The maximum atomic E-state index is 6.35. The second-order valence-electron chi connectivity index (χ2n) is 7.47. The van der Waals surface area contributed by atoms with E-state index in [2.05, 4.69) is 39.3 Å². The summed E-state index contributed by atoms with van der Waals surface area (Å²) in [5, 5.41) is 12.6. The SMILES string of the molecule is CC1(c2cnnn2N2CN=C3c4ccccc4N4CN(Cl)C=C4N32)CCCO1. The number of fused-ring (bicyclic) bond motifs is 6. The van der Waals surface area contributed by atoms with Crippen molar-refractivity contribution in [3.63, 3.8) is 0 Å². The third-order valence-corrected chi connectivity index (χ3v) is 5.96. The van der Waals surface area contributed by atoms with E-state index in [0.29, 0.717) is 13.3 Å². The second-order valence-corrected chi connectivity index (χ2v) is 7.91. The maximum Gasteiger partial charge on any atom is 0.162 e. The van der Waals surface area contributed by atoms with E-state index in [9.17, 15) is 0 Å². The first-order valence-electron chi connectivity index (χ1n) is 9.34. The van der Waals surface area contributed by atoms with Gasteiger partial charge in [-0.2, -0.15) is 10.1 Å². The summed E-state index contributed by atoms with van der Waals surface area (Å²) < 4.78 is 7.69. The minimum Gasteiger partial charge on any atom is -0.369 e. The number of halogens is 1. The minimum atomic E-state index is -0.401. The lowest BCUT2D eigenvalue weighted by atomic mass is 9.99. The average molecular weight is 399 g/mol. The van der Waals surface area contributed by atoms with Crippen molar-refractivity contribution in [1.29, 1.82) is 0 Å². The predicted molar refractivity (Wildman–Crippen MR) is 104 cm³/mol. The van der Waals surface area contributed by atoms with Crippen molar-refractivity contribution in [3.8, 4) is 0 Å². The molecule has 1 saturated heterocycles. The molecule has 6 rings (SSSR count). The van der Waals surface area contributed by atoms with E-state index < -0.39 is 5.60 Å². The van der Waals surface area contributed by atoms with Gasteiger partial charge in [0.05, 0.1) is 18.1 Å². The van der Waals surface area contributed by atoms with Gasteiger partial charge >= 0.3 is 0 Å². The summed E-state index contributed by atoms with van der Waals surface area (Å²) in [6, 6.07) is 8.24. The summed E-state index contributed by atoms with van der Waals surface area (Å²) in [6.45, 7) is 3.85. The molecule has 1 aromatic heterocycles. The van der Waals surface area contributed by atoms with Crippen LogP contribution in [0.2, 0.25) is 0 Å². The zero-order chi connectivity index (χ0) is 18.9. The molecule has 1 atom stereocenters. The average Bonchev–Trinajstić information content (AvgIpc) is 3.46. The molecule has 2 aromatic rings. The third kappa shape index (κ3) is 2.08. The van der Waals surface area contributed by atoms with Crippen LogP contribution in [0.3, 0.4) is 0 Å². The van der Waals surface area contributed by atoms with E-state index >= 15 is 0 Å². The highest BCUT2D eigenvalue weighted by Crippen LogP contribution is 2.40. The lowest BCUT2D eigenvalue weighted by Crippen LogP contribution is -2.54. The molecule has 4 aliphatic rings. The number of ether oxygens (including phenoxy) is 1. The van der Waals surface area contributed by atoms with Crippen molar-refractivity contribution < 1.29 is 4.74 Å². The number of amidine groups is 1. The lowest BCUT2D eigenvalue weighted by Gasteiger charge is -2.40. The quantitative estimate of drug-likeness (QED) is 0.716. The molecular formula is C18H19ClN8O. The van der Waals surface area contributed by atoms with Crippen LogP contribution in [-0.4, -0.2) is 50.3 Å². The van der Waals surface area contributed by atoms with Crippen LogP contribution in [0.15, 0.2) is 47.5 Å². The molecule has 4 aliphatic heterocycles. The van der Waals surface area contributed by atoms with E-state index in [1.807, 2.05) is 28.2 Å². The molecule has 0 saturated carbocycles. The number of aromatic nitrogens is 3. The van der Waals surface area contributed by atoms with Crippen LogP contribution in [0.4, 0.5) is 5.69 Å². The molecule has 0 N–H and O–H groups in total. The van der Waals surface area contributed by atoms with Crippen molar-refractivity contribution >= 4 is 23.3 Å². The molecule has 0 radical (unpaired) electrons. The molecule has 1 fully saturated rings. The predicted octanol–water partition coefficient (Wildman–Crippen LogP) is 1.92. The smallest absolute Gasteiger partial charge is 0.162 e. The Balaban J connectivity index is 1.47. The highest BCUT2D eigenvalue weighted by Gasteiger charge is 2.45. The van der Waals surface area contributed by atoms with Crippen molar-refractivity contribution in [1.82, 2.24) is 24.5 Å². The molecule has 144 valence electrons. The standard InChI is InChI=1S/C18H19ClN8O/c1-18(7-4-8-28-18)15-9-21-22-27(15)25-11-20-17-13-5-2-3-6-14(13)24-12-23(19)10-16(24)26(17)25/h2-3,5-6,9-10H,4,7-8,11-12H2,1H3. The number of para-hydroxylation sites is 1. The van der Waals surface area contributed by atoms with Crippen LogP contribution in [0.25, 0.3) is 0 Å². The lowest BCUT2D eigenvalue weighted by molar-refractivity contribution is 0.00789. The van der Waals surface area contributed by atoms with Gasteiger partial charge in [0.2, 0.25) is 0 Å². The molecule has 0 aliphatic carbocycles. The Morgan fingerprint density at radius 3 is 3.00 bits per heavy atom. The van der Waals surface area contributed by atoms with Gasteiger partial charge in [-0.3, -0.25) is 4.42 Å². The van der Waals surface area contributed by atoms with Gasteiger partial charge in [0.1, 0.15) is 18.0 Å². The fourth-order valence-corrected chi connectivity index (χ4v) is 4.57. The molecule has 5 heterocycles. The first-order valence-corrected chi connectivity index (χ1v) is 9.68.